The van der Waals surface area contributed by atoms with Gasteiger partial charge in [0.15, 0.2) is 0 Å². The van der Waals surface area contributed by atoms with E-state index in [-0.39, 0.29) is 18.4 Å². The molecule has 0 aliphatic heterocycles. The second-order valence-electron chi connectivity index (χ2n) is 5.90. The Morgan fingerprint density at radius 1 is 1.41 bits per heavy atom. The number of hydrogen-bond acceptors (Lipinski definition) is 4. The van der Waals surface area contributed by atoms with Crippen LogP contribution in [0.1, 0.15) is 45.2 Å². The number of halogens is 1. The van der Waals surface area contributed by atoms with Crippen LogP contribution in [-0.2, 0) is 9.53 Å². The summed E-state index contributed by atoms with van der Waals surface area (Å²) < 4.78 is 18.9. The average molecular weight is 312 g/mol. The van der Waals surface area contributed by atoms with Gasteiger partial charge in [0.05, 0.1) is 0 Å². The minimum absolute atomic E-state index is 0.0993. The first-order chi connectivity index (χ1) is 10.1. The van der Waals surface area contributed by atoms with Gasteiger partial charge in [-0.2, -0.15) is 0 Å². The number of carbonyl (C=O) groups is 2. The Morgan fingerprint density at radius 2 is 2.05 bits per heavy atom. The SMILES string of the molecule is CC(C)(C)OC(=O)Nc1ccc(F)c(C(N)CCC(=O)O)c1. The number of amides is 1. The van der Waals surface area contributed by atoms with Gasteiger partial charge >= 0.3 is 12.1 Å². The van der Waals surface area contributed by atoms with Crippen molar-refractivity contribution in [2.75, 3.05) is 5.32 Å². The third-order valence-electron chi connectivity index (χ3n) is 2.71. The lowest BCUT2D eigenvalue weighted by Crippen LogP contribution is -2.27. The zero-order valence-corrected chi connectivity index (χ0v) is 12.9. The van der Waals surface area contributed by atoms with E-state index in [1.165, 1.54) is 18.2 Å². The molecule has 122 valence electrons. The van der Waals surface area contributed by atoms with Crippen molar-refractivity contribution in [1.82, 2.24) is 0 Å². The summed E-state index contributed by atoms with van der Waals surface area (Å²) in [7, 11) is 0. The van der Waals surface area contributed by atoms with E-state index in [0.29, 0.717) is 5.69 Å². The number of ether oxygens (including phenoxy) is 1. The van der Waals surface area contributed by atoms with Gasteiger partial charge in [0.1, 0.15) is 11.4 Å². The number of benzene rings is 1. The van der Waals surface area contributed by atoms with Crippen LogP contribution in [0.25, 0.3) is 0 Å². The molecule has 7 heteroatoms. The van der Waals surface area contributed by atoms with Gasteiger partial charge in [-0.15, -0.1) is 0 Å². The molecule has 0 spiro atoms. The molecule has 1 rings (SSSR count). The Hall–Kier alpha value is -2.15. The number of nitrogens with two attached hydrogens (primary N) is 1. The summed E-state index contributed by atoms with van der Waals surface area (Å²) in [6.45, 7) is 5.18. The van der Waals surface area contributed by atoms with Crippen LogP contribution in [0.3, 0.4) is 0 Å². The smallest absolute Gasteiger partial charge is 0.412 e. The molecular weight excluding hydrogens is 291 g/mol. The predicted octanol–water partition coefficient (Wildman–Crippen LogP) is 3.04. The Balaban J connectivity index is 2.81. The first-order valence-electron chi connectivity index (χ1n) is 6.85. The van der Waals surface area contributed by atoms with Crippen molar-refractivity contribution in [1.29, 1.82) is 0 Å². The Bertz CT molecular complexity index is 555. The third-order valence-corrected chi connectivity index (χ3v) is 2.71. The molecule has 0 saturated heterocycles. The zero-order chi connectivity index (χ0) is 16.9. The molecule has 1 amide bonds. The van der Waals surface area contributed by atoms with Crippen LogP contribution in [0.2, 0.25) is 0 Å². The van der Waals surface area contributed by atoms with Gasteiger partial charge in [0, 0.05) is 23.7 Å². The highest BCUT2D eigenvalue weighted by Gasteiger charge is 2.18. The van der Waals surface area contributed by atoms with Gasteiger partial charge in [-0.05, 0) is 45.4 Å². The Kier molecular flexibility index (Phi) is 5.87. The fourth-order valence-electron chi connectivity index (χ4n) is 1.76. The molecule has 0 aromatic heterocycles. The molecular formula is C15H21FN2O4. The second-order valence-corrected chi connectivity index (χ2v) is 5.90. The lowest BCUT2D eigenvalue weighted by atomic mass is 10.0. The van der Waals surface area contributed by atoms with E-state index in [1.54, 1.807) is 20.8 Å². The molecule has 0 heterocycles. The van der Waals surface area contributed by atoms with Gasteiger partial charge in [-0.1, -0.05) is 0 Å². The van der Waals surface area contributed by atoms with Crippen LogP contribution in [0.4, 0.5) is 14.9 Å². The van der Waals surface area contributed by atoms with Crippen LogP contribution < -0.4 is 11.1 Å². The monoisotopic (exact) mass is 312 g/mol. The van der Waals surface area contributed by atoms with Crippen LogP contribution in [0.15, 0.2) is 18.2 Å². The van der Waals surface area contributed by atoms with Crippen LogP contribution in [-0.4, -0.2) is 22.8 Å². The lowest BCUT2D eigenvalue weighted by molar-refractivity contribution is -0.137. The molecule has 6 nitrogen and oxygen atoms in total. The molecule has 4 N–H and O–H groups in total. The highest BCUT2D eigenvalue weighted by molar-refractivity contribution is 5.85. The molecule has 0 fully saturated rings. The van der Waals surface area contributed by atoms with Crippen molar-refractivity contribution in [3.8, 4) is 0 Å². The van der Waals surface area contributed by atoms with Crippen LogP contribution in [0, 0.1) is 5.82 Å². The topological polar surface area (TPSA) is 102 Å². The number of hydrogen-bond donors (Lipinski definition) is 3. The lowest BCUT2D eigenvalue weighted by Gasteiger charge is -2.20. The molecule has 0 radical (unpaired) electrons. The van der Waals surface area contributed by atoms with E-state index in [9.17, 15) is 14.0 Å². The summed E-state index contributed by atoms with van der Waals surface area (Å²) in [4.78, 5) is 22.2. The van der Waals surface area contributed by atoms with Gasteiger partial charge in [0.2, 0.25) is 0 Å². The summed E-state index contributed by atoms with van der Waals surface area (Å²) in [5, 5.41) is 11.1. The summed E-state index contributed by atoms with van der Waals surface area (Å²) in [5.74, 6) is -1.55. The molecule has 22 heavy (non-hydrogen) atoms. The molecule has 0 bridgehead atoms. The molecule has 0 aliphatic carbocycles. The number of anilines is 1. The van der Waals surface area contributed by atoms with Crippen molar-refractivity contribution in [3.63, 3.8) is 0 Å². The van der Waals surface area contributed by atoms with E-state index in [1.807, 2.05) is 0 Å². The minimum atomic E-state index is -1.00. The van der Waals surface area contributed by atoms with Crippen molar-refractivity contribution < 1.29 is 23.8 Å². The van der Waals surface area contributed by atoms with E-state index < -0.39 is 29.5 Å². The van der Waals surface area contributed by atoms with Crippen molar-refractivity contribution in [2.45, 2.75) is 45.3 Å². The van der Waals surface area contributed by atoms with E-state index >= 15 is 0 Å². The molecule has 1 atom stereocenters. The number of nitrogens with one attached hydrogen (secondary N) is 1. The first kappa shape index (κ1) is 17.9. The molecule has 1 aromatic carbocycles. The number of carbonyl (C=O) groups excluding carboxylic acids is 1. The number of carboxylic acids is 1. The highest BCUT2D eigenvalue weighted by atomic mass is 19.1. The molecule has 1 unspecified atom stereocenters. The predicted molar refractivity (Wildman–Crippen MR) is 80.1 cm³/mol. The Labute approximate surface area is 128 Å². The molecule has 0 aliphatic rings. The van der Waals surface area contributed by atoms with Crippen LogP contribution in [0.5, 0.6) is 0 Å². The fourth-order valence-corrected chi connectivity index (χ4v) is 1.76. The Morgan fingerprint density at radius 3 is 2.59 bits per heavy atom. The van der Waals surface area contributed by atoms with Crippen molar-refractivity contribution in [3.05, 3.63) is 29.6 Å². The fraction of sp³-hybridized carbons (Fsp3) is 0.467. The number of aliphatic carboxylic acids is 1. The summed E-state index contributed by atoms with van der Waals surface area (Å²) in [5.41, 5.74) is 5.63. The van der Waals surface area contributed by atoms with Gasteiger partial charge in [-0.3, -0.25) is 10.1 Å². The number of rotatable bonds is 5. The first-order valence-corrected chi connectivity index (χ1v) is 6.85. The average Bonchev–Trinajstić information content (AvgIpc) is 2.36. The zero-order valence-electron chi connectivity index (χ0n) is 12.9. The molecule has 1 aromatic rings. The van der Waals surface area contributed by atoms with Crippen molar-refractivity contribution in [2.24, 2.45) is 5.73 Å². The maximum absolute atomic E-state index is 13.8. The van der Waals surface area contributed by atoms with E-state index in [4.69, 9.17) is 15.6 Å². The van der Waals surface area contributed by atoms with Crippen LogP contribution >= 0.6 is 0 Å². The van der Waals surface area contributed by atoms with E-state index in [0.717, 1.165) is 0 Å². The number of carboxylic acid groups (broad SMARTS) is 1. The van der Waals surface area contributed by atoms with Gasteiger partial charge in [-0.25, -0.2) is 9.18 Å². The maximum atomic E-state index is 13.8. The van der Waals surface area contributed by atoms with Gasteiger partial charge < -0.3 is 15.6 Å². The summed E-state index contributed by atoms with van der Waals surface area (Å²) >= 11 is 0. The summed E-state index contributed by atoms with van der Waals surface area (Å²) in [6.07, 6.45) is -0.726. The molecule has 0 saturated carbocycles. The second kappa shape index (κ2) is 7.22. The highest BCUT2D eigenvalue weighted by Crippen LogP contribution is 2.23. The normalized spacial score (nSPS) is 12.6. The summed E-state index contributed by atoms with van der Waals surface area (Å²) in [6, 6.07) is 3.16. The third kappa shape index (κ3) is 6.09. The maximum Gasteiger partial charge on any atom is 0.412 e. The van der Waals surface area contributed by atoms with E-state index in [2.05, 4.69) is 5.32 Å². The standard InChI is InChI=1S/C15H21FN2O4/c1-15(2,3)22-14(21)18-9-4-5-11(16)10(8-9)12(17)6-7-13(19)20/h4-5,8,12H,6-7,17H2,1-3H3,(H,18,21)(H,19,20). The van der Waals surface area contributed by atoms with Gasteiger partial charge in [0.25, 0.3) is 0 Å². The quantitative estimate of drug-likeness (QED) is 0.775. The minimum Gasteiger partial charge on any atom is -0.481 e. The van der Waals surface area contributed by atoms with Crippen molar-refractivity contribution >= 4 is 17.7 Å². The largest absolute Gasteiger partial charge is 0.481 e.